The van der Waals surface area contributed by atoms with Gasteiger partial charge in [-0.1, -0.05) is 12.1 Å². The Balaban J connectivity index is 1.79. The van der Waals surface area contributed by atoms with Gasteiger partial charge in [0.05, 0.1) is 10.6 Å². The first-order valence-corrected chi connectivity index (χ1v) is 4.72. The Hall–Kier alpha value is -1.71. The second kappa shape index (κ2) is 3.46. The molecule has 0 saturated carbocycles. The van der Waals surface area contributed by atoms with Crippen LogP contribution in [-0.2, 0) is 0 Å². The summed E-state index contributed by atoms with van der Waals surface area (Å²) in [4.78, 5) is 4.03. The van der Waals surface area contributed by atoms with Gasteiger partial charge in [0.2, 0.25) is 0 Å². The van der Waals surface area contributed by atoms with E-state index in [1.54, 1.807) is 18.2 Å². The van der Waals surface area contributed by atoms with E-state index >= 15 is 0 Å². The normalized spacial score (nSPS) is 35.9. The van der Waals surface area contributed by atoms with Gasteiger partial charge in [0.15, 0.2) is 17.6 Å². The highest BCUT2D eigenvalue weighted by molar-refractivity contribution is 5.88. The Morgan fingerprint density at radius 2 is 2.53 bits per heavy atom. The van der Waals surface area contributed by atoms with Crippen molar-refractivity contribution in [2.24, 2.45) is 4.99 Å². The first-order chi connectivity index (χ1) is 8.63. The van der Waals surface area contributed by atoms with E-state index in [0.717, 1.165) is 0 Å². The minimum Gasteiger partial charge on any atom is -0.485 e. The van der Waals surface area contributed by atoms with Crippen molar-refractivity contribution >= 4 is 5.84 Å². The lowest BCUT2D eigenvalue weighted by Crippen LogP contribution is -2.42. The SMILES string of the molecule is [2H]c1ccc2c(c1)OCC(C1=N[C@@H]([2H])[C@H]([2H])N1)O2. The summed E-state index contributed by atoms with van der Waals surface area (Å²) in [5.74, 6) is 1.58. The molecule has 1 N–H and O–H groups in total. The molecule has 0 saturated heterocycles. The number of fused-ring (bicyclic) bond motifs is 1. The summed E-state index contributed by atoms with van der Waals surface area (Å²) >= 11 is 0. The van der Waals surface area contributed by atoms with E-state index in [1.807, 2.05) is 0 Å². The number of amidine groups is 1. The lowest BCUT2D eigenvalue weighted by molar-refractivity contribution is 0.133. The van der Waals surface area contributed by atoms with Gasteiger partial charge in [-0.05, 0) is 12.1 Å². The van der Waals surface area contributed by atoms with Gasteiger partial charge < -0.3 is 14.8 Å². The first-order valence-electron chi connectivity index (χ1n) is 6.38. The fourth-order valence-corrected chi connectivity index (χ4v) is 1.55. The minimum absolute atomic E-state index is 0.266. The molecule has 0 aliphatic carbocycles. The summed E-state index contributed by atoms with van der Waals surface area (Å²) < 4.78 is 33.7. The van der Waals surface area contributed by atoms with Gasteiger partial charge in [0, 0.05) is 6.52 Å². The summed E-state index contributed by atoms with van der Waals surface area (Å²) in [5, 5.41) is 2.80. The molecule has 0 bridgehead atoms. The smallest absolute Gasteiger partial charge is 0.189 e. The van der Waals surface area contributed by atoms with Crippen LogP contribution in [0.25, 0.3) is 0 Å². The van der Waals surface area contributed by atoms with E-state index in [1.165, 1.54) is 0 Å². The number of benzene rings is 1. The highest BCUT2D eigenvalue weighted by Gasteiger charge is 2.26. The molecule has 15 heavy (non-hydrogen) atoms. The van der Waals surface area contributed by atoms with Crippen molar-refractivity contribution in [3.8, 4) is 11.5 Å². The summed E-state index contributed by atoms with van der Waals surface area (Å²) in [7, 11) is 0. The van der Waals surface area contributed by atoms with Gasteiger partial charge >= 0.3 is 0 Å². The monoisotopic (exact) mass is 207 g/mol. The molecular weight excluding hydrogens is 192 g/mol. The van der Waals surface area contributed by atoms with Gasteiger partial charge in [-0.3, -0.25) is 4.99 Å². The Morgan fingerprint density at radius 1 is 1.53 bits per heavy atom. The van der Waals surface area contributed by atoms with Crippen LogP contribution >= 0.6 is 0 Å². The van der Waals surface area contributed by atoms with E-state index in [-0.39, 0.29) is 6.61 Å². The molecule has 2 aliphatic rings. The van der Waals surface area contributed by atoms with Crippen LogP contribution in [0.15, 0.2) is 29.2 Å². The molecule has 4 nitrogen and oxygen atoms in total. The fraction of sp³-hybridized carbons (Fsp3) is 0.364. The third-order valence-corrected chi connectivity index (χ3v) is 2.27. The fourth-order valence-electron chi connectivity index (χ4n) is 1.55. The molecular formula is C11H12N2O2. The lowest BCUT2D eigenvalue weighted by Gasteiger charge is -2.26. The summed E-state index contributed by atoms with van der Waals surface area (Å²) in [6.07, 6.45) is -0.419. The highest BCUT2D eigenvalue weighted by atomic mass is 16.6. The zero-order valence-corrected chi connectivity index (χ0v) is 7.93. The number of aliphatic imine (C=N–C) groups is 1. The van der Waals surface area contributed by atoms with Gasteiger partial charge in [0.1, 0.15) is 12.4 Å². The molecule has 1 unspecified atom stereocenters. The van der Waals surface area contributed by atoms with Gasteiger partial charge in [-0.2, -0.15) is 0 Å². The van der Waals surface area contributed by atoms with E-state index in [2.05, 4.69) is 10.3 Å². The van der Waals surface area contributed by atoms with Crippen LogP contribution < -0.4 is 14.8 Å². The van der Waals surface area contributed by atoms with Crippen molar-refractivity contribution in [3.05, 3.63) is 24.2 Å². The molecule has 1 aromatic carbocycles. The van der Waals surface area contributed by atoms with E-state index in [9.17, 15) is 0 Å². The molecule has 0 radical (unpaired) electrons. The molecule has 0 amide bonds. The average molecular weight is 207 g/mol. The molecule has 3 atom stereocenters. The van der Waals surface area contributed by atoms with Gasteiger partial charge in [0.25, 0.3) is 0 Å². The number of nitrogens with one attached hydrogen (secondary N) is 1. The molecule has 2 aliphatic heterocycles. The maximum absolute atomic E-state index is 7.53. The zero-order valence-electron chi connectivity index (χ0n) is 10.9. The zero-order chi connectivity index (χ0) is 12.7. The number of hydrogen-bond donors (Lipinski definition) is 1. The Morgan fingerprint density at radius 3 is 3.40 bits per heavy atom. The third kappa shape index (κ3) is 1.52. The van der Waals surface area contributed by atoms with E-state index in [0.29, 0.717) is 23.4 Å². The summed E-state index contributed by atoms with van der Waals surface area (Å²) in [6.45, 7) is -1.30. The van der Waals surface area contributed by atoms with Crippen molar-refractivity contribution in [2.75, 3.05) is 19.6 Å². The maximum atomic E-state index is 7.53. The van der Waals surface area contributed by atoms with Crippen LogP contribution in [0.1, 0.15) is 4.11 Å². The van der Waals surface area contributed by atoms with Crippen molar-refractivity contribution in [2.45, 2.75) is 6.10 Å². The second-order valence-corrected chi connectivity index (χ2v) is 3.26. The summed E-state index contributed by atoms with van der Waals surface area (Å²) in [6, 6.07) is 5.25. The largest absolute Gasteiger partial charge is 0.485 e. The molecule has 0 aromatic heterocycles. The van der Waals surface area contributed by atoms with Crippen LogP contribution in [0, 0.1) is 0 Å². The number of nitrogens with zero attached hydrogens (tertiary/aromatic N) is 1. The molecule has 2 heterocycles. The molecule has 4 heteroatoms. The molecule has 0 fully saturated rings. The Labute approximate surface area is 92.1 Å². The van der Waals surface area contributed by atoms with Gasteiger partial charge in [-0.15, -0.1) is 0 Å². The van der Waals surface area contributed by atoms with Gasteiger partial charge in [-0.25, -0.2) is 0 Å². The van der Waals surface area contributed by atoms with Crippen LogP contribution in [-0.4, -0.2) is 31.6 Å². The van der Waals surface area contributed by atoms with Crippen molar-refractivity contribution in [3.63, 3.8) is 0 Å². The molecule has 78 valence electrons. The minimum atomic E-state index is -0.819. The average Bonchev–Trinajstić information content (AvgIpc) is 2.69. The number of ether oxygens (including phenoxy) is 2. The number of rotatable bonds is 1. The lowest BCUT2D eigenvalue weighted by atomic mass is 10.2. The highest BCUT2D eigenvalue weighted by Crippen LogP contribution is 2.31. The van der Waals surface area contributed by atoms with E-state index < -0.39 is 19.1 Å². The Bertz CT molecular complexity index is 509. The van der Waals surface area contributed by atoms with Crippen LogP contribution in [0.3, 0.4) is 0 Å². The topological polar surface area (TPSA) is 42.8 Å². The predicted molar refractivity (Wildman–Crippen MR) is 56.7 cm³/mol. The van der Waals surface area contributed by atoms with Crippen LogP contribution in [0.2, 0.25) is 0 Å². The van der Waals surface area contributed by atoms with Crippen LogP contribution in [0.4, 0.5) is 0 Å². The summed E-state index contributed by atoms with van der Waals surface area (Å²) in [5.41, 5.74) is 0. The van der Waals surface area contributed by atoms with Crippen LogP contribution in [0.5, 0.6) is 11.5 Å². The van der Waals surface area contributed by atoms with Crippen molar-refractivity contribution in [1.29, 1.82) is 0 Å². The molecule has 3 rings (SSSR count). The standard InChI is InChI=1S/C11H12N2O2/c1-2-4-9-8(3-1)14-7-10(15-9)11-12-5-6-13-11/h1-4,10H,5-7H2,(H,12,13)/i1D,5D,6D/t5-,6-,10?/m0/s1. The number of para-hydroxylation sites is 2. The first kappa shape index (κ1) is 6.00. The predicted octanol–water partition coefficient (Wildman–Crippen LogP) is 0.828. The second-order valence-electron chi connectivity index (χ2n) is 3.26. The third-order valence-electron chi connectivity index (χ3n) is 2.27. The van der Waals surface area contributed by atoms with Crippen molar-refractivity contribution in [1.82, 2.24) is 5.32 Å². The molecule has 0 spiro atoms. The Kier molecular flexibility index (Phi) is 1.38. The quantitative estimate of drug-likeness (QED) is 0.741. The maximum Gasteiger partial charge on any atom is 0.189 e. The number of hydrogen-bond acceptors (Lipinski definition) is 4. The van der Waals surface area contributed by atoms with Crippen molar-refractivity contribution < 1.29 is 13.6 Å². The van der Waals surface area contributed by atoms with E-state index in [4.69, 9.17) is 13.6 Å². The molecule has 1 aromatic rings.